The lowest BCUT2D eigenvalue weighted by Gasteiger charge is -2.16. The molecule has 0 spiro atoms. The van der Waals surface area contributed by atoms with Crippen molar-refractivity contribution in [1.29, 1.82) is 0 Å². The molecule has 3 rings (SSSR count). The minimum absolute atomic E-state index is 0.282. The van der Waals surface area contributed by atoms with Crippen LogP contribution in [-0.4, -0.2) is 24.3 Å². The summed E-state index contributed by atoms with van der Waals surface area (Å²) in [6.07, 6.45) is 0. The molecular formula is C21H20O7. The SMILES string of the molecule is C=C(C)C(=O)Oc1ccc(OC(=O)COc2ccc3c(c2)OC(C)(C)O3)cc1. The summed E-state index contributed by atoms with van der Waals surface area (Å²) < 4.78 is 26.9. The van der Waals surface area contributed by atoms with Gasteiger partial charge in [0.1, 0.15) is 17.2 Å². The fraction of sp³-hybridized carbons (Fsp3) is 0.238. The monoisotopic (exact) mass is 384 g/mol. The minimum Gasteiger partial charge on any atom is -0.482 e. The number of rotatable bonds is 6. The number of hydrogen-bond acceptors (Lipinski definition) is 7. The van der Waals surface area contributed by atoms with Gasteiger partial charge >= 0.3 is 11.9 Å². The summed E-state index contributed by atoms with van der Waals surface area (Å²) in [6.45, 7) is 8.38. The van der Waals surface area contributed by atoms with Gasteiger partial charge < -0.3 is 23.7 Å². The Bertz CT molecular complexity index is 913. The number of benzene rings is 2. The predicted molar refractivity (Wildman–Crippen MR) is 99.8 cm³/mol. The molecule has 0 bridgehead atoms. The highest BCUT2D eigenvalue weighted by Gasteiger charge is 2.31. The molecule has 0 fully saturated rings. The Morgan fingerprint density at radius 2 is 1.50 bits per heavy atom. The van der Waals surface area contributed by atoms with Crippen molar-refractivity contribution in [1.82, 2.24) is 0 Å². The van der Waals surface area contributed by atoms with Crippen LogP contribution in [0, 0.1) is 0 Å². The summed E-state index contributed by atoms with van der Waals surface area (Å²) in [5.74, 6) is 0.422. The highest BCUT2D eigenvalue weighted by molar-refractivity contribution is 5.88. The Labute approximate surface area is 162 Å². The molecule has 0 atom stereocenters. The second-order valence-corrected chi connectivity index (χ2v) is 6.62. The molecule has 0 aromatic heterocycles. The van der Waals surface area contributed by atoms with E-state index in [9.17, 15) is 9.59 Å². The average molecular weight is 384 g/mol. The highest BCUT2D eigenvalue weighted by Crippen LogP contribution is 2.41. The second kappa shape index (κ2) is 7.64. The van der Waals surface area contributed by atoms with Gasteiger partial charge in [-0.25, -0.2) is 9.59 Å². The van der Waals surface area contributed by atoms with Crippen LogP contribution in [0.4, 0.5) is 0 Å². The Balaban J connectivity index is 1.51. The quantitative estimate of drug-likeness (QED) is 0.427. The molecule has 0 aliphatic carbocycles. The van der Waals surface area contributed by atoms with E-state index in [1.807, 2.05) is 0 Å². The molecule has 1 aliphatic heterocycles. The van der Waals surface area contributed by atoms with Crippen LogP contribution in [0.15, 0.2) is 54.6 Å². The maximum atomic E-state index is 12.0. The normalized spacial score (nSPS) is 13.5. The van der Waals surface area contributed by atoms with Crippen molar-refractivity contribution < 1.29 is 33.3 Å². The number of hydrogen-bond donors (Lipinski definition) is 0. The lowest BCUT2D eigenvalue weighted by atomic mass is 10.3. The van der Waals surface area contributed by atoms with Crippen molar-refractivity contribution in [3.05, 3.63) is 54.6 Å². The Morgan fingerprint density at radius 3 is 2.14 bits per heavy atom. The van der Waals surface area contributed by atoms with Crippen LogP contribution < -0.4 is 23.7 Å². The third kappa shape index (κ3) is 4.82. The van der Waals surface area contributed by atoms with Crippen molar-refractivity contribution in [3.8, 4) is 28.7 Å². The third-order valence-electron chi connectivity index (χ3n) is 3.60. The van der Waals surface area contributed by atoms with E-state index in [2.05, 4.69) is 6.58 Å². The molecule has 0 amide bonds. The van der Waals surface area contributed by atoms with Crippen LogP contribution in [0.25, 0.3) is 0 Å². The zero-order valence-corrected chi connectivity index (χ0v) is 15.8. The third-order valence-corrected chi connectivity index (χ3v) is 3.60. The molecule has 2 aromatic carbocycles. The van der Waals surface area contributed by atoms with Gasteiger partial charge in [-0.05, 0) is 43.3 Å². The fourth-order valence-corrected chi connectivity index (χ4v) is 2.37. The molecule has 28 heavy (non-hydrogen) atoms. The van der Waals surface area contributed by atoms with E-state index in [-0.39, 0.29) is 6.61 Å². The molecule has 7 heteroatoms. The Kier molecular flexibility index (Phi) is 5.26. The highest BCUT2D eigenvalue weighted by atomic mass is 16.7. The van der Waals surface area contributed by atoms with Crippen molar-refractivity contribution in [3.63, 3.8) is 0 Å². The van der Waals surface area contributed by atoms with Crippen molar-refractivity contribution in [2.75, 3.05) is 6.61 Å². The zero-order chi connectivity index (χ0) is 20.3. The molecule has 0 N–H and O–H groups in total. The van der Waals surface area contributed by atoms with Gasteiger partial charge in [-0.2, -0.15) is 0 Å². The van der Waals surface area contributed by atoms with Crippen LogP contribution in [0.1, 0.15) is 20.8 Å². The van der Waals surface area contributed by atoms with Crippen molar-refractivity contribution >= 4 is 11.9 Å². The predicted octanol–water partition coefficient (Wildman–Crippen LogP) is 3.66. The van der Waals surface area contributed by atoms with E-state index >= 15 is 0 Å². The first-order valence-corrected chi connectivity index (χ1v) is 8.55. The number of fused-ring (bicyclic) bond motifs is 1. The van der Waals surface area contributed by atoms with Crippen LogP contribution in [-0.2, 0) is 9.59 Å². The lowest BCUT2D eigenvalue weighted by molar-refractivity contribution is -0.136. The van der Waals surface area contributed by atoms with Gasteiger partial charge in [0.15, 0.2) is 18.1 Å². The molecule has 0 radical (unpaired) electrons. The minimum atomic E-state index is -0.731. The van der Waals surface area contributed by atoms with Gasteiger partial charge in [-0.15, -0.1) is 0 Å². The maximum Gasteiger partial charge on any atom is 0.349 e. The second-order valence-electron chi connectivity index (χ2n) is 6.62. The summed E-state index contributed by atoms with van der Waals surface area (Å²) in [6, 6.07) is 11.1. The van der Waals surface area contributed by atoms with E-state index in [4.69, 9.17) is 23.7 Å². The van der Waals surface area contributed by atoms with Crippen molar-refractivity contribution in [2.24, 2.45) is 0 Å². The molecule has 0 saturated carbocycles. The van der Waals surface area contributed by atoms with Gasteiger partial charge in [0.05, 0.1) is 0 Å². The van der Waals surface area contributed by atoms with Crippen molar-refractivity contribution in [2.45, 2.75) is 26.6 Å². The molecule has 1 heterocycles. The summed E-state index contributed by atoms with van der Waals surface area (Å²) >= 11 is 0. The van der Waals surface area contributed by atoms with Crippen LogP contribution in [0.3, 0.4) is 0 Å². The fourth-order valence-electron chi connectivity index (χ4n) is 2.37. The molecule has 2 aromatic rings. The largest absolute Gasteiger partial charge is 0.482 e. The first-order chi connectivity index (χ1) is 13.2. The number of ether oxygens (including phenoxy) is 5. The maximum absolute atomic E-state index is 12.0. The average Bonchev–Trinajstić information content (AvgIpc) is 2.94. The summed E-state index contributed by atoms with van der Waals surface area (Å²) in [5, 5.41) is 0. The zero-order valence-electron chi connectivity index (χ0n) is 15.8. The van der Waals surface area contributed by atoms with Gasteiger partial charge in [0, 0.05) is 25.5 Å². The van der Waals surface area contributed by atoms with E-state index in [1.54, 1.807) is 39.0 Å². The number of esters is 2. The molecule has 0 saturated heterocycles. The van der Waals surface area contributed by atoms with E-state index in [1.165, 1.54) is 24.3 Å². The smallest absolute Gasteiger partial charge is 0.349 e. The Morgan fingerprint density at radius 1 is 0.929 bits per heavy atom. The first-order valence-electron chi connectivity index (χ1n) is 8.55. The van der Waals surface area contributed by atoms with Gasteiger partial charge in [0.2, 0.25) is 5.79 Å². The van der Waals surface area contributed by atoms with E-state index in [0.29, 0.717) is 34.3 Å². The van der Waals surface area contributed by atoms with Crippen LogP contribution >= 0.6 is 0 Å². The van der Waals surface area contributed by atoms with Crippen LogP contribution in [0.5, 0.6) is 28.7 Å². The standard InChI is InChI=1S/C21H20O7/c1-13(2)20(23)26-15-7-5-14(6-8-15)25-19(22)12-24-16-9-10-17-18(11-16)28-21(3,4)27-17/h5-11H,1,12H2,2-4H3. The number of carbonyl (C=O) groups is 2. The van der Waals surface area contributed by atoms with E-state index < -0.39 is 17.7 Å². The number of carbonyl (C=O) groups excluding carboxylic acids is 2. The van der Waals surface area contributed by atoms with E-state index in [0.717, 1.165) is 0 Å². The first kappa shape index (κ1) is 19.3. The molecule has 0 unspecified atom stereocenters. The lowest BCUT2D eigenvalue weighted by Crippen LogP contribution is -2.29. The van der Waals surface area contributed by atoms with Gasteiger partial charge in [-0.1, -0.05) is 6.58 Å². The summed E-state index contributed by atoms with van der Waals surface area (Å²) in [5.41, 5.74) is 0.291. The summed E-state index contributed by atoms with van der Waals surface area (Å²) in [7, 11) is 0. The van der Waals surface area contributed by atoms with Gasteiger partial charge in [0.25, 0.3) is 0 Å². The molecule has 1 aliphatic rings. The summed E-state index contributed by atoms with van der Waals surface area (Å²) in [4.78, 5) is 23.4. The van der Waals surface area contributed by atoms with Crippen LogP contribution in [0.2, 0.25) is 0 Å². The van der Waals surface area contributed by atoms with Gasteiger partial charge in [-0.3, -0.25) is 0 Å². The Hall–Kier alpha value is -3.48. The molecular weight excluding hydrogens is 364 g/mol. The molecule has 7 nitrogen and oxygen atoms in total. The topological polar surface area (TPSA) is 80.3 Å². The molecule has 146 valence electrons.